The van der Waals surface area contributed by atoms with Crippen LogP contribution in [0.25, 0.3) is 0 Å². The maximum Gasteiger partial charge on any atom is 0.255 e. The first-order chi connectivity index (χ1) is 10.9. The Morgan fingerprint density at radius 2 is 2.26 bits per heavy atom. The number of benzene rings is 1. The number of rotatable bonds is 1. The van der Waals surface area contributed by atoms with Crippen molar-refractivity contribution in [3.05, 3.63) is 34.6 Å². The molecule has 1 aromatic carbocycles. The van der Waals surface area contributed by atoms with Gasteiger partial charge in [-0.2, -0.15) is 0 Å². The summed E-state index contributed by atoms with van der Waals surface area (Å²) in [5.74, 6) is -1.18. The number of aliphatic hydroxyl groups is 1. The van der Waals surface area contributed by atoms with Gasteiger partial charge < -0.3 is 15.3 Å². The average Bonchev–Trinajstić information content (AvgIpc) is 2.54. The maximum atomic E-state index is 13.4. The van der Waals surface area contributed by atoms with Crippen molar-refractivity contribution in [2.24, 2.45) is 5.41 Å². The predicted molar refractivity (Wildman–Crippen MR) is 82.6 cm³/mol. The largest absolute Gasteiger partial charge is 0.392 e. The zero-order chi connectivity index (χ0) is 16.6. The first-order valence-corrected chi connectivity index (χ1v) is 8.02. The molecular weight excluding hydrogens is 323 g/mol. The van der Waals surface area contributed by atoms with Crippen molar-refractivity contribution >= 4 is 23.4 Å². The van der Waals surface area contributed by atoms with Crippen molar-refractivity contribution < 1.29 is 19.1 Å². The van der Waals surface area contributed by atoms with Gasteiger partial charge in [0.25, 0.3) is 5.91 Å². The molecule has 2 atom stereocenters. The second kappa shape index (κ2) is 6.09. The lowest BCUT2D eigenvalue weighted by atomic mass is 9.71. The zero-order valence-electron chi connectivity index (χ0n) is 12.5. The van der Waals surface area contributed by atoms with Crippen LogP contribution >= 0.6 is 11.6 Å². The first kappa shape index (κ1) is 16.2. The van der Waals surface area contributed by atoms with Gasteiger partial charge in [-0.05, 0) is 37.5 Å². The van der Waals surface area contributed by atoms with Crippen LogP contribution < -0.4 is 5.32 Å². The Bertz CT molecular complexity index is 654. The molecule has 0 bridgehead atoms. The number of hydrogen-bond donors (Lipinski definition) is 2. The van der Waals surface area contributed by atoms with Crippen LogP contribution in [-0.4, -0.2) is 47.6 Å². The monoisotopic (exact) mass is 340 g/mol. The summed E-state index contributed by atoms with van der Waals surface area (Å²) >= 11 is 6.00. The molecule has 7 heteroatoms. The number of likely N-dealkylation sites (tertiary alicyclic amines) is 1. The third-order valence-corrected chi connectivity index (χ3v) is 5.10. The predicted octanol–water partition coefficient (Wildman–Crippen LogP) is 1.58. The van der Waals surface area contributed by atoms with E-state index < -0.39 is 23.2 Å². The number of amides is 2. The van der Waals surface area contributed by atoms with E-state index in [1.54, 1.807) is 0 Å². The van der Waals surface area contributed by atoms with Crippen molar-refractivity contribution in [1.29, 1.82) is 0 Å². The van der Waals surface area contributed by atoms with Crippen molar-refractivity contribution in [3.63, 3.8) is 0 Å². The second-order valence-corrected chi connectivity index (χ2v) is 6.58. The van der Waals surface area contributed by atoms with Crippen LogP contribution in [0.5, 0.6) is 0 Å². The summed E-state index contributed by atoms with van der Waals surface area (Å²) in [5.41, 5.74) is -0.902. The van der Waals surface area contributed by atoms with Gasteiger partial charge in [0.2, 0.25) is 5.91 Å². The van der Waals surface area contributed by atoms with E-state index in [2.05, 4.69) is 5.32 Å². The lowest BCUT2D eigenvalue weighted by Gasteiger charge is -2.46. The van der Waals surface area contributed by atoms with E-state index >= 15 is 0 Å². The van der Waals surface area contributed by atoms with Gasteiger partial charge >= 0.3 is 0 Å². The Labute approximate surface area is 138 Å². The minimum atomic E-state index is -0.980. The second-order valence-electron chi connectivity index (χ2n) is 6.17. The molecule has 1 spiro atoms. The third kappa shape index (κ3) is 2.81. The Balaban J connectivity index is 1.87. The first-order valence-electron chi connectivity index (χ1n) is 7.65. The maximum absolute atomic E-state index is 13.4. The fourth-order valence-corrected chi connectivity index (χ4v) is 3.65. The van der Waals surface area contributed by atoms with E-state index in [0.717, 1.165) is 12.5 Å². The average molecular weight is 341 g/mol. The number of hydrogen-bond acceptors (Lipinski definition) is 3. The molecule has 2 saturated heterocycles. The molecule has 0 saturated carbocycles. The number of carbonyl (C=O) groups excluding carboxylic acids is 2. The van der Waals surface area contributed by atoms with Crippen LogP contribution in [0.15, 0.2) is 18.2 Å². The Morgan fingerprint density at radius 1 is 1.48 bits per heavy atom. The highest BCUT2D eigenvalue weighted by Crippen LogP contribution is 2.38. The molecule has 3 rings (SSSR count). The van der Waals surface area contributed by atoms with Gasteiger partial charge in [-0.3, -0.25) is 9.59 Å². The molecule has 2 fully saturated rings. The van der Waals surface area contributed by atoms with Crippen molar-refractivity contribution in [2.75, 3.05) is 19.6 Å². The molecule has 0 radical (unpaired) electrons. The van der Waals surface area contributed by atoms with E-state index in [9.17, 15) is 19.1 Å². The van der Waals surface area contributed by atoms with Crippen molar-refractivity contribution in [2.45, 2.75) is 25.4 Å². The number of halogens is 2. The molecule has 2 aliphatic rings. The molecule has 5 nitrogen and oxygen atoms in total. The highest BCUT2D eigenvalue weighted by atomic mass is 35.5. The minimum Gasteiger partial charge on any atom is -0.392 e. The molecule has 0 aromatic heterocycles. The number of aliphatic hydroxyl groups excluding tert-OH is 1. The molecular formula is C16H18ClFN2O3. The smallest absolute Gasteiger partial charge is 0.255 e. The van der Waals surface area contributed by atoms with Gasteiger partial charge in [0.15, 0.2) is 0 Å². The Hall–Kier alpha value is -1.66. The van der Waals surface area contributed by atoms with Crippen LogP contribution in [-0.2, 0) is 4.79 Å². The van der Waals surface area contributed by atoms with Gasteiger partial charge in [0.1, 0.15) is 5.82 Å². The van der Waals surface area contributed by atoms with Crippen molar-refractivity contribution in [3.8, 4) is 0 Å². The lowest BCUT2D eigenvalue weighted by molar-refractivity contribution is -0.147. The topological polar surface area (TPSA) is 69.6 Å². The van der Waals surface area contributed by atoms with E-state index in [0.29, 0.717) is 25.9 Å². The summed E-state index contributed by atoms with van der Waals surface area (Å²) in [6.07, 6.45) is 0.813. The van der Waals surface area contributed by atoms with E-state index in [4.69, 9.17) is 11.6 Å². The summed E-state index contributed by atoms with van der Waals surface area (Å²) in [6.45, 7) is 1.00. The van der Waals surface area contributed by atoms with Crippen LogP contribution in [0.4, 0.5) is 4.39 Å². The summed E-state index contributed by atoms with van der Waals surface area (Å²) in [6, 6.07) is 3.63. The number of nitrogens with one attached hydrogen (secondary N) is 1. The van der Waals surface area contributed by atoms with Gasteiger partial charge in [0.05, 0.1) is 22.1 Å². The van der Waals surface area contributed by atoms with Gasteiger partial charge in [-0.1, -0.05) is 11.6 Å². The lowest BCUT2D eigenvalue weighted by Crippen LogP contribution is -2.62. The van der Waals surface area contributed by atoms with Crippen LogP contribution in [0.1, 0.15) is 29.6 Å². The third-order valence-electron chi connectivity index (χ3n) is 4.77. The van der Waals surface area contributed by atoms with Crippen LogP contribution in [0, 0.1) is 11.2 Å². The van der Waals surface area contributed by atoms with Crippen molar-refractivity contribution in [1.82, 2.24) is 10.2 Å². The highest BCUT2D eigenvalue weighted by molar-refractivity contribution is 6.33. The minimum absolute atomic E-state index is 0.0782. The number of carbonyl (C=O) groups is 2. The van der Waals surface area contributed by atoms with E-state index in [1.807, 2.05) is 0 Å². The molecule has 2 N–H and O–H groups in total. The SMILES string of the molecule is O=C(c1cc(F)ccc1Cl)N1CC[C@@H](O)[C@@]2(CCCNC2=O)C1. The molecule has 2 aliphatic heterocycles. The molecule has 2 amide bonds. The standard InChI is InChI=1S/C16H18ClFN2O3/c17-12-3-2-10(18)8-11(12)14(22)20-7-4-13(21)16(9-20)5-1-6-19-15(16)23/h2-3,8,13,21H,1,4-7,9H2,(H,19,23)/t13-,16-/m1/s1. The summed E-state index contributed by atoms with van der Waals surface area (Å²) in [5, 5.41) is 13.3. The Kier molecular flexibility index (Phi) is 4.29. The molecule has 2 heterocycles. The highest BCUT2D eigenvalue weighted by Gasteiger charge is 2.50. The summed E-state index contributed by atoms with van der Waals surface area (Å²) in [4.78, 5) is 26.5. The quantitative estimate of drug-likeness (QED) is 0.815. The van der Waals surface area contributed by atoms with Crippen LogP contribution in [0.3, 0.4) is 0 Å². The zero-order valence-corrected chi connectivity index (χ0v) is 13.3. The van der Waals surface area contributed by atoms with Gasteiger partial charge in [0, 0.05) is 19.6 Å². The number of piperidine rings is 2. The van der Waals surface area contributed by atoms with E-state index in [-0.39, 0.29) is 23.0 Å². The normalized spacial score (nSPS) is 27.9. The molecule has 124 valence electrons. The molecule has 0 aliphatic carbocycles. The Morgan fingerprint density at radius 3 is 3.00 bits per heavy atom. The van der Waals surface area contributed by atoms with Gasteiger partial charge in [-0.25, -0.2) is 4.39 Å². The summed E-state index contributed by atoms with van der Waals surface area (Å²) < 4.78 is 13.4. The van der Waals surface area contributed by atoms with Gasteiger partial charge in [-0.15, -0.1) is 0 Å². The summed E-state index contributed by atoms with van der Waals surface area (Å²) in [7, 11) is 0. The fourth-order valence-electron chi connectivity index (χ4n) is 3.45. The molecule has 1 aromatic rings. The van der Waals surface area contributed by atoms with Crippen LogP contribution in [0.2, 0.25) is 5.02 Å². The number of nitrogens with zero attached hydrogens (tertiary/aromatic N) is 1. The fraction of sp³-hybridized carbons (Fsp3) is 0.500. The van der Waals surface area contributed by atoms with E-state index in [1.165, 1.54) is 17.0 Å². The molecule has 0 unspecified atom stereocenters. The molecule has 23 heavy (non-hydrogen) atoms.